The Morgan fingerprint density at radius 1 is 1.58 bits per heavy atom. The van der Waals surface area contributed by atoms with Crippen molar-refractivity contribution in [3.63, 3.8) is 0 Å². The maximum absolute atomic E-state index is 5.78. The lowest BCUT2D eigenvalue weighted by Gasteiger charge is -2.04. The Labute approximate surface area is 76.5 Å². The topological polar surface area (TPSA) is 48.1 Å². The summed E-state index contributed by atoms with van der Waals surface area (Å²) in [6.45, 7) is 1.18. The van der Waals surface area contributed by atoms with E-state index in [1.54, 1.807) is 18.3 Å². The molecule has 0 spiro atoms. The van der Waals surface area contributed by atoms with Crippen LogP contribution in [-0.2, 0) is 0 Å². The summed E-state index contributed by atoms with van der Waals surface area (Å²) in [5.74, 6) is 0.479. The molecule has 0 aliphatic rings. The van der Waals surface area contributed by atoms with Crippen molar-refractivity contribution in [1.82, 2.24) is 4.98 Å². The summed E-state index contributed by atoms with van der Waals surface area (Å²) in [6, 6.07) is 3.50. The molecule has 4 heteroatoms. The van der Waals surface area contributed by atoms with E-state index in [0.717, 1.165) is 6.42 Å². The third-order valence-electron chi connectivity index (χ3n) is 1.31. The van der Waals surface area contributed by atoms with Gasteiger partial charge in [-0.15, -0.1) is 0 Å². The van der Waals surface area contributed by atoms with Crippen molar-refractivity contribution < 1.29 is 4.74 Å². The summed E-state index contributed by atoms with van der Waals surface area (Å²) in [7, 11) is 0. The minimum Gasteiger partial charge on any atom is -0.477 e. The molecule has 1 rings (SSSR count). The lowest BCUT2D eigenvalue weighted by Crippen LogP contribution is -2.06. The second-order valence-corrected chi connectivity index (χ2v) is 2.69. The molecular formula is C8H11ClN2O. The zero-order valence-electron chi connectivity index (χ0n) is 6.66. The van der Waals surface area contributed by atoms with E-state index in [2.05, 4.69) is 4.98 Å². The van der Waals surface area contributed by atoms with E-state index in [0.29, 0.717) is 24.1 Å². The van der Waals surface area contributed by atoms with E-state index < -0.39 is 0 Å². The molecule has 0 fully saturated rings. The quantitative estimate of drug-likeness (QED) is 0.725. The normalized spacial score (nSPS) is 9.83. The van der Waals surface area contributed by atoms with Crippen LogP contribution in [0.15, 0.2) is 18.3 Å². The van der Waals surface area contributed by atoms with E-state index in [4.69, 9.17) is 22.1 Å². The van der Waals surface area contributed by atoms with Crippen molar-refractivity contribution >= 4 is 11.6 Å². The lowest BCUT2D eigenvalue weighted by atomic mass is 10.4. The van der Waals surface area contributed by atoms with Crippen molar-refractivity contribution in [2.45, 2.75) is 6.42 Å². The van der Waals surface area contributed by atoms with Crippen LogP contribution < -0.4 is 10.5 Å². The molecule has 1 aromatic rings. The van der Waals surface area contributed by atoms with Gasteiger partial charge in [0.05, 0.1) is 6.61 Å². The lowest BCUT2D eigenvalue weighted by molar-refractivity contribution is 0.302. The zero-order valence-corrected chi connectivity index (χ0v) is 7.42. The molecule has 0 radical (unpaired) electrons. The van der Waals surface area contributed by atoms with Crippen molar-refractivity contribution in [2.24, 2.45) is 5.73 Å². The van der Waals surface area contributed by atoms with Crippen LogP contribution in [0.3, 0.4) is 0 Å². The number of pyridine rings is 1. The van der Waals surface area contributed by atoms with Crippen LogP contribution >= 0.6 is 11.6 Å². The summed E-state index contributed by atoms with van der Waals surface area (Å²) in [4.78, 5) is 3.96. The molecule has 0 bridgehead atoms. The van der Waals surface area contributed by atoms with Gasteiger partial charge < -0.3 is 10.5 Å². The molecule has 0 aliphatic heterocycles. The molecule has 0 atom stereocenters. The SMILES string of the molecule is NCCCOc1ncccc1Cl. The summed E-state index contributed by atoms with van der Waals surface area (Å²) in [5.41, 5.74) is 5.30. The van der Waals surface area contributed by atoms with Crippen LogP contribution in [0.25, 0.3) is 0 Å². The molecule has 66 valence electrons. The number of nitrogens with zero attached hydrogens (tertiary/aromatic N) is 1. The largest absolute Gasteiger partial charge is 0.477 e. The smallest absolute Gasteiger partial charge is 0.232 e. The van der Waals surface area contributed by atoms with Crippen molar-refractivity contribution in [2.75, 3.05) is 13.2 Å². The Balaban J connectivity index is 2.46. The van der Waals surface area contributed by atoms with E-state index in [-0.39, 0.29) is 0 Å². The van der Waals surface area contributed by atoms with Crippen LogP contribution in [0.1, 0.15) is 6.42 Å². The van der Waals surface area contributed by atoms with Gasteiger partial charge in [0, 0.05) is 6.20 Å². The average Bonchev–Trinajstić information content (AvgIpc) is 2.09. The highest BCUT2D eigenvalue weighted by Crippen LogP contribution is 2.19. The Hall–Kier alpha value is -0.800. The average molecular weight is 187 g/mol. The number of ether oxygens (including phenoxy) is 1. The highest BCUT2D eigenvalue weighted by molar-refractivity contribution is 6.31. The molecule has 0 aromatic carbocycles. The molecule has 0 saturated heterocycles. The van der Waals surface area contributed by atoms with Gasteiger partial charge in [0.25, 0.3) is 0 Å². The third kappa shape index (κ3) is 2.68. The van der Waals surface area contributed by atoms with Crippen LogP contribution in [0.4, 0.5) is 0 Å². The van der Waals surface area contributed by atoms with Gasteiger partial charge in [0.2, 0.25) is 5.88 Å². The van der Waals surface area contributed by atoms with Gasteiger partial charge in [0.1, 0.15) is 5.02 Å². The van der Waals surface area contributed by atoms with Gasteiger partial charge in [0.15, 0.2) is 0 Å². The molecule has 0 amide bonds. The van der Waals surface area contributed by atoms with E-state index >= 15 is 0 Å². The number of nitrogens with two attached hydrogens (primary N) is 1. The first kappa shape index (κ1) is 9.29. The van der Waals surface area contributed by atoms with Crippen molar-refractivity contribution in [3.05, 3.63) is 23.4 Å². The van der Waals surface area contributed by atoms with Gasteiger partial charge in [-0.2, -0.15) is 0 Å². The molecule has 1 heterocycles. The summed E-state index contributed by atoms with van der Waals surface area (Å²) in [5, 5.41) is 0.537. The first-order valence-corrected chi connectivity index (χ1v) is 4.16. The predicted octanol–water partition coefficient (Wildman–Crippen LogP) is 1.46. The molecule has 1 aromatic heterocycles. The van der Waals surface area contributed by atoms with E-state index in [1.807, 2.05) is 0 Å². The fourth-order valence-electron chi connectivity index (χ4n) is 0.730. The van der Waals surface area contributed by atoms with Crippen LogP contribution in [-0.4, -0.2) is 18.1 Å². The van der Waals surface area contributed by atoms with Crippen LogP contribution in [0.5, 0.6) is 5.88 Å². The standard InChI is InChI=1S/C8H11ClN2O/c9-7-3-1-5-11-8(7)12-6-2-4-10/h1,3,5H,2,4,6,10H2. The Morgan fingerprint density at radius 2 is 2.42 bits per heavy atom. The molecule has 0 saturated carbocycles. The second kappa shape index (κ2) is 4.95. The maximum atomic E-state index is 5.78. The minimum absolute atomic E-state index is 0.479. The molecule has 3 nitrogen and oxygen atoms in total. The molecule has 0 aliphatic carbocycles. The monoisotopic (exact) mass is 186 g/mol. The summed E-state index contributed by atoms with van der Waals surface area (Å²) in [6.07, 6.45) is 2.45. The molecular weight excluding hydrogens is 176 g/mol. The Bertz CT molecular complexity index is 242. The fraction of sp³-hybridized carbons (Fsp3) is 0.375. The van der Waals surface area contributed by atoms with Gasteiger partial charge >= 0.3 is 0 Å². The first-order chi connectivity index (χ1) is 5.84. The van der Waals surface area contributed by atoms with Crippen molar-refractivity contribution in [1.29, 1.82) is 0 Å². The number of hydrogen-bond acceptors (Lipinski definition) is 3. The first-order valence-electron chi connectivity index (χ1n) is 3.78. The maximum Gasteiger partial charge on any atom is 0.232 e. The van der Waals surface area contributed by atoms with Crippen LogP contribution in [0.2, 0.25) is 5.02 Å². The highest BCUT2D eigenvalue weighted by atomic mass is 35.5. The second-order valence-electron chi connectivity index (χ2n) is 2.28. The zero-order chi connectivity index (χ0) is 8.81. The van der Waals surface area contributed by atoms with Crippen LogP contribution in [0, 0.1) is 0 Å². The molecule has 0 unspecified atom stereocenters. The van der Waals surface area contributed by atoms with Gasteiger partial charge in [-0.1, -0.05) is 11.6 Å². The number of rotatable bonds is 4. The number of hydrogen-bond donors (Lipinski definition) is 1. The van der Waals surface area contributed by atoms with Gasteiger partial charge in [-0.25, -0.2) is 4.98 Å². The Kier molecular flexibility index (Phi) is 3.84. The highest BCUT2D eigenvalue weighted by Gasteiger charge is 1.99. The van der Waals surface area contributed by atoms with E-state index in [9.17, 15) is 0 Å². The molecule has 2 N–H and O–H groups in total. The Morgan fingerprint density at radius 3 is 3.08 bits per heavy atom. The number of aromatic nitrogens is 1. The summed E-state index contributed by atoms with van der Waals surface area (Å²) < 4.78 is 5.25. The summed E-state index contributed by atoms with van der Waals surface area (Å²) >= 11 is 5.78. The molecule has 12 heavy (non-hydrogen) atoms. The van der Waals surface area contributed by atoms with E-state index in [1.165, 1.54) is 0 Å². The number of halogens is 1. The third-order valence-corrected chi connectivity index (χ3v) is 1.60. The predicted molar refractivity (Wildman–Crippen MR) is 48.4 cm³/mol. The van der Waals surface area contributed by atoms with Gasteiger partial charge in [-0.3, -0.25) is 0 Å². The fourth-order valence-corrected chi connectivity index (χ4v) is 0.906. The van der Waals surface area contributed by atoms with Gasteiger partial charge in [-0.05, 0) is 25.1 Å². The van der Waals surface area contributed by atoms with Crippen molar-refractivity contribution in [3.8, 4) is 5.88 Å². The minimum atomic E-state index is 0.479.